The third kappa shape index (κ3) is 19.8. The summed E-state index contributed by atoms with van der Waals surface area (Å²) >= 11 is 18.8. The van der Waals surface area contributed by atoms with Crippen LogP contribution in [0, 0.1) is 38.8 Å². The van der Waals surface area contributed by atoms with Crippen molar-refractivity contribution in [3.8, 4) is 11.5 Å². The molecule has 0 aliphatic rings. The molecule has 0 aliphatic heterocycles. The predicted molar refractivity (Wildman–Crippen MR) is 325 cm³/mol. The predicted octanol–water partition coefficient (Wildman–Crippen LogP) is 14.7. The molecular formula is C58H83Cl3N6O8Si3. The van der Waals surface area contributed by atoms with Crippen LogP contribution in [0.15, 0.2) is 72.8 Å². The van der Waals surface area contributed by atoms with Gasteiger partial charge in [-0.05, 0) is 140 Å². The van der Waals surface area contributed by atoms with E-state index in [9.17, 15) is 29.4 Å². The molecule has 4 aromatic rings. The molecular weight excluding hydrogens is 1100 g/mol. The molecule has 0 radical (unpaired) electrons. The van der Waals surface area contributed by atoms with Crippen LogP contribution in [0.5, 0.6) is 11.5 Å². The molecule has 0 aliphatic carbocycles. The molecule has 0 bridgehead atoms. The Labute approximate surface area is 482 Å². The van der Waals surface area contributed by atoms with E-state index in [1.165, 1.54) is 31.2 Å². The largest absolute Gasteiger partial charge is 0.543 e. The van der Waals surface area contributed by atoms with Gasteiger partial charge >= 0.3 is 0 Å². The van der Waals surface area contributed by atoms with Crippen molar-refractivity contribution in [1.82, 2.24) is 21.7 Å². The molecule has 20 heteroatoms. The Morgan fingerprint density at radius 1 is 0.615 bits per heavy atom. The lowest BCUT2D eigenvalue weighted by atomic mass is 9.91. The molecule has 0 unspecified atom stereocenters. The standard InChI is InChI=1S/C32H48ClN3O4Si2.C20H20ClN3O4.C6H15ClSi/c1-21-23(17-18-27(34-9)28(21)33)20-26(22(2)39-41(10,11)31(3,4)5)30(38)36-35-29(37)24-15-14-16-25(19-24)40-42(12,13)32(6,7)8;1-11-13(7-8-17(22-3)18(11)21)10-16(12(2)25)20(28)24-23-19(27)14-5-4-6-15(26)9-14;1-6(2,3)8(4,5)7/h14-19,22,26H,20H2,1-8,10-13H3,(H,35,37)(H,36,38);4-9,12,16,25-26H,10H2,1-2H3,(H,23,27)(H,24,28);1-5H3/t22-,26+;12-,16+;/m00./s1. The number of hydrazine groups is 2. The zero-order valence-corrected chi connectivity index (χ0v) is 54.3. The van der Waals surface area contributed by atoms with Gasteiger partial charge in [0.15, 0.2) is 15.7 Å². The minimum absolute atomic E-state index is 0.0102. The summed E-state index contributed by atoms with van der Waals surface area (Å²) < 4.78 is 13.0. The van der Waals surface area contributed by atoms with Gasteiger partial charge in [-0.2, -0.15) is 11.1 Å². The van der Waals surface area contributed by atoms with Gasteiger partial charge in [0.2, 0.25) is 31.5 Å². The van der Waals surface area contributed by atoms with E-state index in [-0.39, 0.29) is 33.7 Å². The zero-order valence-electron chi connectivity index (χ0n) is 49.0. The minimum Gasteiger partial charge on any atom is -0.543 e. The fraction of sp³-hybridized carbons (Fsp3) is 0.483. The van der Waals surface area contributed by atoms with Crippen molar-refractivity contribution in [2.45, 2.75) is 169 Å². The summed E-state index contributed by atoms with van der Waals surface area (Å²) in [5.74, 6) is -2.91. The first-order chi connectivity index (χ1) is 35.6. The third-order valence-corrected chi connectivity index (χ3v) is 30.1. The highest BCUT2D eigenvalue weighted by molar-refractivity contribution is 7.20. The average Bonchev–Trinajstić information content (AvgIpc) is 3.32. The number of nitrogens with zero attached hydrogens (tertiary/aromatic N) is 2. The number of nitrogens with one attached hydrogen (secondary N) is 4. The number of hydrogen-bond donors (Lipinski definition) is 6. The maximum Gasteiger partial charge on any atom is 0.269 e. The molecule has 4 rings (SSSR count). The molecule has 78 heavy (non-hydrogen) atoms. The number of hydrogen-bond acceptors (Lipinski definition) is 8. The Bertz CT molecular complexity index is 2830. The lowest BCUT2D eigenvalue weighted by molar-refractivity contribution is -0.129. The van der Waals surface area contributed by atoms with Gasteiger partial charge in [0.1, 0.15) is 11.5 Å². The van der Waals surface area contributed by atoms with Crippen molar-refractivity contribution in [3.63, 3.8) is 0 Å². The highest BCUT2D eigenvalue weighted by atomic mass is 35.6. The van der Waals surface area contributed by atoms with E-state index in [1.807, 2.05) is 26.0 Å². The molecule has 0 heterocycles. The smallest absolute Gasteiger partial charge is 0.269 e. The van der Waals surface area contributed by atoms with Gasteiger partial charge in [-0.3, -0.25) is 40.9 Å². The second-order valence-electron chi connectivity index (χ2n) is 24.1. The van der Waals surface area contributed by atoms with Crippen LogP contribution in [0.1, 0.15) is 119 Å². The second-order valence-corrected chi connectivity index (χ2v) is 41.6. The molecule has 426 valence electrons. The van der Waals surface area contributed by atoms with Gasteiger partial charge in [0, 0.05) is 11.1 Å². The van der Waals surface area contributed by atoms with Crippen LogP contribution in [0.3, 0.4) is 0 Å². The lowest BCUT2D eigenvalue weighted by Gasteiger charge is -2.40. The van der Waals surface area contributed by atoms with Crippen LogP contribution in [0.25, 0.3) is 9.69 Å². The Morgan fingerprint density at radius 2 is 1.01 bits per heavy atom. The molecule has 0 aromatic heterocycles. The number of rotatable bonds is 14. The fourth-order valence-electron chi connectivity index (χ4n) is 6.55. The van der Waals surface area contributed by atoms with Crippen LogP contribution in [0.2, 0.25) is 64.4 Å². The normalized spacial score (nSPS) is 13.5. The van der Waals surface area contributed by atoms with Gasteiger partial charge < -0.3 is 19.1 Å². The first-order valence-corrected chi connectivity index (χ1v) is 36.3. The van der Waals surface area contributed by atoms with E-state index in [2.05, 4.69) is 133 Å². The third-order valence-electron chi connectivity index (χ3n) is 15.0. The Balaban J connectivity index is 0.000000494. The number of aliphatic hydroxyl groups excluding tert-OH is 1. The summed E-state index contributed by atoms with van der Waals surface area (Å²) in [6, 6.07) is 19.5. The summed E-state index contributed by atoms with van der Waals surface area (Å²) in [4.78, 5) is 58.1. The second kappa shape index (κ2) is 28.3. The maximum absolute atomic E-state index is 13.7. The van der Waals surface area contributed by atoms with E-state index in [1.54, 1.807) is 43.3 Å². The van der Waals surface area contributed by atoms with Crippen molar-refractivity contribution >= 4 is 93.3 Å². The first kappa shape index (κ1) is 68.9. The Kier molecular flexibility index (Phi) is 25.0. The number of halogens is 3. The van der Waals surface area contributed by atoms with E-state index < -0.39 is 65.8 Å². The molecule has 4 aromatic carbocycles. The number of aromatic hydroxyl groups is 1. The number of phenols is 1. The SMILES string of the molecule is CC(C)(C)[Si](C)(C)Cl.[C-]#[N+]c1ccc(C[C@@H](C(=O)NNC(=O)c2cccc(O)c2)[C@H](C)O)c(C)c1Cl.[C-]#[N+]c1ccc(C[C@@H](C(=O)NNC(=O)c2cccc(O[Si](C)(C)C(C)(C)C)c2)[C@H](C)O[Si](C)(C)C(C)(C)C)c(C)c1Cl. The first-order valence-electron chi connectivity index (χ1n) is 25.7. The van der Waals surface area contributed by atoms with E-state index in [0.717, 1.165) is 16.7 Å². The van der Waals surface area contributed by atoms with Crippen LogP contribution in [-0.4, -0.2) is 70.1 Å². The molecule has 6 N–H and O–H groups in total. The number of aliphatic hydroxyl groups is 1. The molecule has 0 spiro atoms. The monoisotopic (exact) mass is 1180 g/mol. The van der Waals surface area contributed by atoms with Crippen LogP contribution < -0.4 is 26.1 Å². The molecule has 4 amide bonds. The van der Waals surface area contributed by atoms with E-state index >= 15 is 0 Å². The van der Waals surface area contributed by atoms with Crippen molar-refractivity contribution in [2.24, 2.45) is 11.8 Å². The average molecular weight is 1180 g/mol. The van der Waals surface area contributed by atoms with Crippen molar-refractivity contribution in [1.29, 1.82) is 0 Å². The molecule has 0 saturated heterocycles. The molecule has 14 nitrogen and oxygen atoms in total. The van der Waals surface area contributed by atoms with Crippen LogP contribution >= 0.6 is 34.3 Å². The highest BCUT2D eigenvalue weighted by Crippen LogP contribution is 2.41. The zero-order chi connectivity index (χ0) is 60.1. The number of phenolic OH excluding ortho intramolecular Hbond substituents is 1. The quantitative estimate of drug-likeness (QED) is 0.0312. The highest BCUT2D eigenvalue weighted by Gasteiger charge is 2.42. The topological polar surface area (TPSA) is 184 Å². The lowest BCUT2D eigenvalue weighted by Crippen LogP contribution is -2.51. The van der Waals surface area contributed by atoms with Gasteiger partial charge in [-0.25, -0.2) is 9.69 Å². The van der Waals surface area contributed by atoms with Gasteiger partial charge in [0.05, 0.1) is 47.2 Å². The summed E-state index contributed by atoms with van der Waals surface area (Å²) in [5, 5.41) is 20.5. The van der Waals surface area contributed by atoms with Crippen molar-refractivity contribution in [2.75, 3.05) is 0 Å². The number of carbonyl (C=O) groups excluding carboxylic acids is 4. The molecule has 0 fully saturated rings. The summed E-state index contributed by atoms with van der Waals surface area (Å²) in [6.07, 6.45) is -0.925. The minimum atomic E-state index is -2.21. The van der Waals surface area contributed by atoms with Gasteiger partial charge in [-0.1, -0.05) is 135 Å². The molecule has 0 saturated carbocycles. The van der Waals surface area contributed by atoms with Gasteiger partial charge in [0.25, 0.3) is 11.8 Å². The van der Waals surface area contributed by atoms with Crippen molar-refractivity contribution < 1.29 is 38.2 Å². The Morgan fingerprint density at radius 3 is 1.40 bits per heavy atom. The van der Waals surface area contributed by atoms with Crippen LogP contribution in [0.4, 0.5) is 11.4 Å². The maximum atomic E-state index is 13.7. The van der Waals surface area contributed by atoms with Gasteiger partial charge in [-0.15, -0.1) is 0 Å². The fourth-order valence-corrected chi connectivity index (χ4v) is 9.47. The summed E-state index contributed by atoms with van der Waals surface area (Å²) in [7, 11) is -5.69. The Hall–Kier alpha value is -5.22. The summed E-state index contributed by atoms with van der Waals surface area (Å²) in [6.45, 7) is 53.9. The van der Waals surface area contributed by atoms with Crippen LogP contribution in [-0.2, 0) is 26.9 Å². The van der Waals surface area contributed by atoms with Crippen molar-refractivity contribution in [3.05, 3.63) is 139 Å². The molecule has 4 atom stereocenters. The van der Waals surface area contributed by atoms with E-state index in [0.29, 0.717) is 49.8 Å². The number of benzene rings is 4. The summed E-state index contributed by atoms with van der Waals surface area (Å²) in [5.41, 5.74) is 14.0. The van der Waals surface area contributed by atoms with E-state index in [4.69, 9.17) is 56.3 Å². The number of amides is 4. The number of carbonyl (C=O) groups is 4.